The average molecular weight is 315 g/mol. The van der Waals surface area contributed by atoms with Gasteiger partial charge in [-0.05, 0) is 44.4 Å². The lowest BCUT2D eigenvalue weighted by Crippen LogP contribution is -2.41. The van der Waals surface area contributed by atoms with Crippen LogP contribution in [0, 0.1) is 12.8 Å². The largest absolute Gasteiger partial charge is 0.366 e. The Morgan fingerprint density at radius 2 is 2.36 bits per heavy atom. The molecule has 0 spiro atoms. The second-order valence-corrected chi connectivity index (χ2v) is 7.22. The Morgan fingerprint density at radius 1 is 1.41 bits per heavy atom. The van der Waals surface area contributed by atoms with Crippen LogP contribution in [0.5, 0.6) is 0 Å². The summed E-state index contributed by atoms with van der Waals surface area (Å²) in [4.78, 5) is 11.5. The van der Waals surface area contributed by atoms with Gasteiger partial charge in [-0.2, -0.15) is 0 Å². The maximum absolute atomic E-state index is 6.32. The predicted octanol–water partition coefficient (Wildman–Crippen LogP) is 3.20. The quantitative estimate of drug-likeness (QED) is 0.872. The number of rotatable bonds is 3. The van der Waals surface area contributed by atoms with Gasteiger partial charge >= 0.3 is 0 Å². The van der Waals surface area contributed by atoms with E-state index in [9.17, 15) is 0 Å². The Morgan fingerprint density at radius 3 is 3.14 bits per heavy atom. The normalized spacial score (nSPS) is 28.7. The van der Waals surface area contributed by atoms with Crippen LogP contribution in [0.2, 0.25) is 0 Å². The fraction of sp³-hybridized carbons (Fsp3) is 0.529. The zero-order valence-electron chi connectivity index (χ0n) is 12.8. The first-order chi connectivity index (χ1) is 10.8. The highest BCUT2D eigenvalue weighted by atomic mass is 32.1. The molecule has 0 amide bonds. The van der Waals surface area contributed by atoms with Gasteiger partial charge in [0, 0.05) is 30.4 Å². The van der Waals surface area contributed by atoms with Crippen LogP contribution < -0.4 is 0 Å². The van der Waals surface area contributed by atoms with E-state index in [1.807, 2.05) is 12.3 Å². The lowest BCUT2D eigenvalue weighted by atomic mass is 9.92. The molecule has 0 bridgehead atoms. The molecule has 2 aromatic rings. The monoisotopic (exact) mass is 315 g/mol. The standard InChI is InChI=1S/C17H21N3OS/c1-12-11-22-17(19-12)15-8-13-5-7-20(10-16(13)21-15)9-14-4-2-3-6-18-14/h2-4,6,11,13,15-16H,5,7-10H2,1H3/t13-,15+,16+/m0/s1. The molecular formula is C17H21N3OS. The van der Waals surface area contributed by atoms with Crippen LogP contribution in [0.1, 0.15) is 35.3 Å². The number of aryl methyl sites for hydroxylation is 1. The molecule has 4 nitrogen and oxygen atoms in total. The van der Waals surface area contributed by atoms with Crippen LogP contribution in [-0.4, -0.2) is 34.1 Å². The number of ether oxygens (including phenoxy) is 1. The van der Waals surface area contributed by atoms with E-state index in [4.69, 9.17) is 4.74 Å². The molecule has 0 unspecified atom stereocenters. The second-order valence-electron chi connectivity index (χ2n) is 6.33. The molecule has 2 aromatic heterocycles. The number of fused-ring (bicyclic) bond motifs is 1. The molecule has 0 aliphatic carbocycles. The van der Waals surface area contributed by atoms with Crippen LogP contribution in [0.15, 0.2) is 29.8 Å². The minimum atomic E-state index is 0.212. The van der Waals surface area contributed by atoms with Crippen LogP contribution in [-0.2, 0) is 11.3 Å². The highest BCUT2D eigenvalue weighted by Crippen LogP contribution is 2.41. The van der Waals surface area contributed by atoms with Crippen LogP contribution in [0.3, 0.4) is 0 Å². The van der Waals surface area contributed by atoms with E-state index in [-0.39, 0.29) is 6.10 Å². The van der Waals surface area contributed by atoms with Crippen LogP contribution >= 0.6 is 11.3 Å². The Balaban J connectivity index is 1.39. The molecule has 22 heavy (non-hydrogen) atoms. The van der Waals surface area contributed by atoms with Crippen LogP contribution in [0.25, 0.3) is 0 Å². The summed E-state index contributed by atoms with van der Waals surface area (Å²) in [6.07, 6.45) is 4.79. The molecule has 0 N–H and O–H groups in total. The lowest BCUT2D eigenvalue weighted by molar-refractivity contribution is -0.00968. The number of hydrogen-bond acceptors (Lipinski definition) is 5. The molecule has 5 heteroatoms. The predicted molar refractivity (Wildman–Crippen MR) is 86.7 cm³/mol. The van der Waals surface area contributed by atoms with Crippen molar-refractivity contribution in [2.45, 2.75) is 38.5 Å². The Kier molecular flexibility index (Phi) is 3.94. The van der Waals surface area contributed by atoms with E-state index < -0.39 is 0 Å². The molecular weight excluding hydrogens is 294 g/mol. The van der Waals surface area contributed by atoms with Gasteiger partial charge in [0.1, 0.15) is 11.1 Å². The van der Waals surface area contributed by atoms with Crippen LogP contribution in [0.4, 0.5) is 0 Å². The summed E-state index contributed by atoms with van der Waals surface area (Å²) in [5, 5.41) is 3.27. The maximum Gasteiger partial charge on any atom is 0.122 e. The molecule has 0 radical (unpaired) electrons. The van der Waals surface area contributed by atoms with Gasteiger partial charge in [0.15, 0.2) is 0 Å². The fourth-order valence-electron chi connectivity index (χ4n) is 3.54. The zero-order valence-corrected chi connectivity index (χ0v) is 13.6. The van der Waals surface area contributed by atoms with Crippen molar-refractivity contribution in [3.8, 4) is 0 Å². The number of aromatic nitrogens is 2. The number of nitrogens with zero attached hydrogens (tertiary/aromatic N) is 3. The van der Waals surface area contributed by atoms with E-state index in [0.717, 1.165) is 42.5 Å². The molecule has 0 saturated carbocycles. The van der Waals surface area contributed by atoms with E-state index >= 15 is 0 Å². The SMILES string of the molecule is Cc1csc([C@H]2C[C@@H]3CCN(Cc4ccccn4)C[C@H]3O2)n1. The summed E-state index contributed by atoms with van der Waals surface area (Å²) in [7, 11) is 0. The molecule has 3 atom stereocenters. The number of pyridine rings is 1. The first kappa shape index (κ1) is 14.3. The molecule has 4 heterocycles. The summed E-state index contributed by atoms with van der Waals surface area (Å²) in [5.74, 6) is 0.689. The van der Waals surface area contributed by atoms with Crippen molar-refractivity contribution in [2.24, 2.45) is 5.92 Å². The number of likely N-dealkylation sites (tertiary alicyclic amines) is 1. The highest BCUT2D eigenvalue weighted by Gasteiger charge is 2.40. The molecule has 2 saturated heterocycles. The van der Waals surface area contributed by atoms with Gasteiger partial charge in [-0.3, -0.25) is 9.88 Å². The van der Waals surface area contributed by atoms with Crippen molar-refractivity contribution in [2.75, 3.05) is 13.1 Å². The highest BCUT2D eigenvalue weighted by molar-refractivity contribution is 7.09. The Bertz CT molecular complexity index is 630. The van der Waals surface area contributed by atoms with E-state index in [2.05, 4.69) is 39.3 Å². The molecule has 2 aliphatic rings. The first-order valence-corrected chi connectivity index (χ1v) is 8.85. The summed E-state index contributed by atoms with van der Waals surface area (Å²) in [6, 6.07) is 6.13. The Hall–Kier alpha value is -1.30. The van der Waals surface area contributed by atoms with Gasteiger partial charge in [-0.1, -0.05) is 6.07 Å². The first-order valence-electron chi connectivity index (χ1n) is 7.97. The fourth-order valence-corrected chi connectivity index (χ4v) is 4.38. The zero-order chi connectivity index (χ0) is 14.9. The lowest BCUT2D eigenvalue weighted by Gasteiger charge is -2.33. The van der Waals surface area contributed by atoms with E-state index in [1.165, 1.54) is 6.42 Å². The topological polar surface area (TPSA) is 38.2 Å². The third kappa shape index (κ3) is 2.93. The molecule has 116 valence electrons. The minimum absolute atomic E-state index is 0.212. The van der Waals surface area contributed by atoms with E-state index in [1.54, 1.807) is 11.3 Å². The van der Waals surface area contributed by atoms with Gasteiger partial charge < -0.3 is 4.74 Å². The average Bonchev–Trinajstić information content (AvgIpc) is 3.14. The molecule has 2 aliphatic heterocycles. The third-order valence-corrected chi connectivity index (χ3v) is 5.71. The molecule has 0 aromatic carbocycles. The smallest absolute Gasteiger partial charge is 0.122 e. The number of piperidine rings is 1. The number of thiazole rings is 1. The van der Waals surface area contributed by atoms with Crippen molar-refractivity contribution in [1.29, 1.82) is 0 Å². The van der Waals surface area contributed by atoms with E-state index in [0.29, 0.717) is 12.0 Å². The Labute approximate surface area is 135 Å². The van der Waals surface area contributed by atoms with Gasteiger partial charge in [-0.15, -0.1) is 11.3 Å². The van der Waals surface area contributed by atoms with Crippen molar-refractivity contribution in [3.63, 3.8) is 0 Å². The molecule has 4 rings (SSSR count). The second kappa shape index (κ2) is 6.07. The van der Waals surface area contributed by atoms with Crippen molar-refractivity contribution in [3.05, 3.63) is 46.2 Å². The third-order valence-electron chi connectivity index (χ3n) is 4.66. The summed E-state index contributed by atoms with van der Waals surface area (Å²) in [5.41, 5.74) is 2.25. The maximum atomic E-state index is 6.32. The summed E-state index contributed by atoms with van der Waals surface area (Å²) < 4.78 is 6.32. The summed E-state index contributed by atoms with van der Waals surface area (Å²) in [6.45, 7) is 5.14. The van der Waals surface area contributed by atoms with Crippen molar-refractivity contribution >= 4 is 11.3 Å². The van der Waals surface area contributed by atoms with Gasteiger partial charge in [0.2, 0.25) is 0 Å². The molecule has 2 fully saturated rings. The minimum Gasteiger partial charge on any atom is -0.366 e. The van der Waals surface area contributed by atoms with Crippen molar-refractivity contribution < 1.29 is 4.74 Å². The van der Waals surface area contributed by atoms with Gasteiger partial charge in [-0.25, -0.2) is 4.98 Å². The summed E-state index contributed by atoms with van der Waals surface area (Å²) >= 11 is 1.74. The van der Waals surface area contributed by atoms with Crippen molar-refractivity contribution in [1.82, 2.24) is 14.9 Å². The van der Waals surface area contributed by atoms with Gasteiger partial charge in [0.25, 0.3) is 0 Å². The van der Waals surface area contributed by atoms with Gasteiger partial charge in [0.05, 0.1) is 11.8 Å². The number of hydrogen-bond donors (Lipinski definition) is 0.